The third-order valence-corrected chi connectivity index (χ3v) is 6.80. The summed E-state index contributed by atoms with van der Waals surface area (Å²) in [6.45, 7) is 1.06. The van der Waals surface area contributed by atoms with Crippen LogP contribution in [0.5, 0.6) is 5.75 Å². The fourth-order valence-corrected chi connectivity index (χ4v) is 5.01. The van der Waals surface area contributed by atoms with Crippen LogP contribution in [0.15, 0.2) is 34.4 Å². The molecule has 4 rings (SSSR count). The zero-order valence-electron chi connectivity index (χ0n) is 18.3. The molecule has 2 atom stereocenters. The number of primary amides is 1. The van der Waals surface area contributed by atoms with Crippen LogP contribution in [0, 0.1) is 11.8 Å². The maximum Gasteiger partial charge on any atom is 0.287 e. The lowest BCUT2D eigenvalue weighted by Gasteiger charge is -2.10. The summed E-state index contributed by atoms with van der Waals surface area (Å²) in [5, 5.41) is 5.02. The molecule has 3 aromatic rings. The molecule has 0 bridgehead atoms. The van der Waals surface area contributed by atoms with Gasteiger partial charge in [0, 0.05) is 24.6 Å². The fraction of sp³-hybridized carbons (Fsp3) is 0.391. The quantitative estimate of drug-likeness (QED) is 0.439. The predicted octanol–water partition coefficient (Wildman–Crippen LogP) is 2.34. The third-order valence-electron chi connectivity index (χ3n) is 5.88. The number of carbonyl (C=O) groups excluding carboxylic acids is 2. The number of benzene rings is 1. The molecular formula is C23H26N4O5S. The maximum absolute atomic E-state index is 12.7. The number of nitrogens with one attached hydrogen (secondary N) is 2. The molecule has 4 N–H and O–H groups in total. The first kappa shape index (κ1) is 22.9. The summed E-state index contributed by atoms with van der Waals surface area (Å²) in [6.07, 6.45) is 2.46. The number of methoxy groups -OCH3 is 1. The van der Waals surface area contributed by atoms with E-state index in [1.807, 2.05) is 29.6 Å². The van der Waals surface area contributed by atoms with Gasteiger partial charge in [-0.15, -0.1) is 11.3 Å². The van der Waals surface area contributed by atoms with E-state index >= 15 is 0 Å². The highest BCUT2D eigenvalue weighted by molar-refractivity contribution is 7.16. The summed E-state index contributed by atoms with van der Waals surface area (Å²) in [4.78, 5) is 43.9. The van der Waals surface area contributed by atoms with Gasteiger partial charge in [0.2, 0.25) is 11.7 Å². The Kier molecular flexibility index (Phi) is 7.05. The Labute approximate surface area is 194 Å². The average Bonchev–Trinajstić information content (AvgIpc) is 3.45. The lowest BCUT2D eigenvalue weighted by molar-refractivity contribution is -0.121. The minimum absolute atomic E-state index is 0.0341. The second kappa shape index (κ2) is 10.1. The molecular weight excluding hydrogens is 444 g/mol. The van der Waals surface area contributed by atoms with Crippen LogP contribution in [0.1, 0.15) is 41.0 Å². The molecule has 2 heterocycles. The van der Waals surface area contributed by atoms with Crippen molar-refractivity contribution >= 4 is 33.4 Å². The number of nitrogens with zero attached hydrogens (tertiary/aromatic N) is 1. The van der Waals surface area contributed by atoms with Gasteiger partial charge in [0.15, 0.2) is 0 Å². The van der Waals surface area contributed by atoms with Crippen molar-refractivity contribution < 1.29 is 19.1 Å². The van der Waals surface area contributed by atoms with E-state index in [1.165, 1.54) is 11.3 Å². The molecule has 1 aromatic carbocycles. The molecule has 0 radical (unpaired) electrons. The number of aromatic nitrogens is 2. The van der Waals surface area contributed by atoms with Crippen LogP contribution in [0.3, 0.4) is 0 Å². The van der Waals surface area contributed by atoms with E-state index in [2.05, 4.69) is 15.3 Å². The number of ether oxygens (including phenoxy) is 2. The summed E-state index contributed by atoms with van der Waals surface area (Å²) in [6, 6.07) is 7.35. The number of thiophene rings is 1. The van der Waals surface area contributed by atoms with Crippen molar-refractivity contribution in [1.29, 1.82) is 0 Å². The van der Waals surface area contributed by atoms with Crippen molar-refractivity contribution in [1.82, 2.24) is 15.3 Å². The second-order valence-corrected chi connectivity index (χ2v) is 9.04. The van der Waals surface area contributed by atoms with Crippen molar-refractivity contribution in [3.8, 4) is 5.75 Å². The number of nitrogens with two attached hydrogens (primary N) is 1. The standard InChI is InChI=1S/C23H26N4O5S/c1-31-17-4-2-3-13(8-17)9-25-22(30)20-26-21(29)18-16(12-33-23(18)27-20)11-32-10-14-5-6-15(7-14)19(24)28/h2-4,8,12,14-15H,5-7,9-11H2,1H3,(H2,24,28)(H,25,30)(H,26,27,29). The zero-order chi connectivity index (χ0) is 23.4. The summed E-state index contributed by atoms with van der Waals surface area (Å²) in [5.74, 6) is 0.178. The molecule has 0 spiro atoms. The monoisotopic (exact) mass is 470 g/mol. The molecule has 9 nitrogen and oxygen atoms in total. The van der Waals surface area contributed by atoms with E-state index in [0.717, 1.165) is 30.4 Å². The normalized spacial score (nSPS) is 17.8. The summed E-state index contributed by atoms with van der Waals surface area (Å²) in [5.41, 5.74) is 6.61. The number of amides is 2. The molecule has 1 aliphatic carbocycles. The Bertz CT molecular complexity index is 1220. The van der Waals surface area contributed by atoms with E-state index in [4.69, 9.17) is 15.2 Å². The summed E-state index contributed by atoms with van der Waals surface area (Å²) in [7, 11) is 1.58. The third kappa shape index (κ3) is 5.40. The number of aromatic amines is 1. The van der Waals surface area contributed by atoms with E-state index in [9.17, 15) is 14.4 Å². The molecule has 1 aliphatic rings. The first-order valence-electron chi connectivity index (χ1n) is 10.7. The van der Waals surface area contributed by atoms with Gasteiger partial charge < -0.3 is 25.5 Å². The van der Waals surface area contributed by atoms with Crippen molar-refractivity contribution in [3.05, 3.63) is 57.0 Å². The lowest BCUT2D eigenvalue weighted by Crippen LogP contribution is -2.27. The van der Waals surface area contributed by atoms with Gasteiger partial charge in [-0.25, -0.2) is 4.98 Å². The molecule has 1 saturated carbocycles. The zero-order valence-corrected chi connectivity index (χ0v) is 19.1. The van der Waals surface area contributed by atoms with E-state index in [-0.39, 0.29) is 36.4 Å². The van der Waals surface area contributed by atoms with Crippen LogP contribution in [0.25, 0.3) is 10.2 Å². The highest BCUT2D eigenvalue weighted by Crippen LogP contribution is 2.31. The van der Waals surface area contributed by atoms with Crippen LogP contribution in [0.2, 0.25) is 0 Å². The maximum atomic E-state index is 12.7. The topological polar surface area (TPSA) is 136 Å². The number of hydrogen-bond acceptors (Lipinski definition) is 7. The van der Waals surface area contributed by atoms with Gasteiger partial charge in [0.25, 0.3) is 11.5 Å². The Morgan fingerprint density at radius 2 is 2.18 bits per heavy atom. The molecule has 174 valence electrons. The van der Waals surface area contributed by atoms with Crippen LogP contribution in [-0.2, 0) is 22.7 Å². The Hall–Kier alpha value is -3.24. The first-order chi connectivity index (χ1) is 15.9. The first-order valence-corrected chi connectivity index (χ1v) is 11.6. The molecule has 2 unspecified atom stereocenters. The number of H-pyrrole nitrogens is 1. The van der Waals surface area contributed by atoms with Crippen molar-refractivity contribution in [2.75, 3.05) is 13.7 Å². The molecule has 2 aromatic heterocycles. The van der Waals surface area contributed by atoms with Crippen molar-refractivity contribution in [3.63, 3.8) is 0 Å². The molecule has 33 heavy (non-hydrogen) atoms. The molecule has 0 saturated heterocycles. The van der Waals surface area contributed by atoms with E-state index in [1.54, 1.807) is 7.11 Å². The van der Waals surface area contributed by atoms with Crippen LogP contribution < -0.4 is 21.3 Å². The van der Waals surface area contributed by atoms with Crippen LogP contribution >= 0.6 is 11.3 Å². The molecule has 1 fully saturated rings. The Morgan fingerprint density at radius 1 is 1.33 bits per heavy atom. The van der Waals surface area contributed by atoms with Gasteiger partial charge in [-0.05, 0) is 48.3 Å². The SMILES string of the molecule is COc1cccc(CNC(=O)c2nc3scc(COCC4CCC(C(N)=O)C4)c3c(=O)[nH]2)c1. The van der Waals surface area contributed by atoms with Crippen molar-refractivity contribution in [2.45, 2.75) is 32.4 Å². The Morgan fingerprint density at radius 3 is 2.94 bits per heavy atom. The predicted molar refractivity (Wildman–Crippen MR) is 124 cm³/mol. The van der Waals surface area contributed by atoms with Gasteiger partial charge in [0.1, 0.15) is 10.6 Å². The largest absolute Gasteiger partial charge is 0.497 e. The molecule has 10 heteroatoms. The summed E-state index contributed by atoms with van der Waals surface area (Å²) >= 11 is 1.30. The minimum atomic E-state index is -0.465. The number of carbonyl (C=O) groups is 2. The molecule has 2 amide bonds. The molecule has 0 aliphatic heterocycles. The van der Waals surface area contributed by atoms with Gasteiger partial charge in [-0.3, -0.25) is 14.4 Å². The minimum Gasteiger partial charge on any atom is -0.497 e. The Balaban J connectivity index is 1.37. The highest BCUT2D eigenvalue weighted by atomic mass is 32.1. The number of hydrogen-bond donors (Lipinski definition) is 3. The van der Waals surface area contributed by atoms with E-state index < -0.39 is 5.91 Å². The fourth-order valence-electron chi connectivity index (χ4n) is 4.09. The van der Waals surface area contributed by atoms with Gasteiger partial charge in [-0.2, -0.15) is 0 Å². The van der Waals surface area contributed by atoms with Crippen LogP contribution in [-0.4, -0.2) is 35.5 Å². The summed E-state index contributed by atoms with van der Waals surface area (Å²) < 4.78 is 11.0. The van der Waals surface area contributed by atoms with Gasteiger partial charge >= 0.3 is 0 Å². The second-order valence-electron chi connectivity index (χ2n) is 8.18. The van der Waals surface area contributed by atoms with Crippen LogP contribution in [0.4, 0.5) is 0 Å². The number of fused-ring (bicyclic) bond motifs is 1. The lowest BCUT2D eigenvalue weighted by atomic mass is 10.1. The van der Waals surface area contributed by atoms with Gasteiger partial charge in [0.05, 0.1) is 19.1 Å². The smallest absolute Gasteiger partial charge is 0.287 e. The average molecular weight is 471 g/mol. The van der Waals surface area contributed by atoms with Crippen molar-refractivity contribution in [2.24, 2.45) is 17.6 Å². The number of rotatable bonds is 9. The van der Waals surface area contributed by atoms with Gasteiger partial charge in [-0.1, -0.05) is 12.1 Å². The highest BCUT2D eigenvalue weighted by Gasteiger charge is 2.28. The van der Waals surface area contributed by atoms with E-state index in [0.29, 0.717) is 28.5 Å².